The molecule has 3 atom stereocenters. The first-order valence-corrected chi connectivity index (χ1v) is 14.9. The standard InChI is InChI=1S/C37H41N/c1-24(2)28-14-17-32-29(21-28)15-18-33-36(3,19-6-20-37(32,33)4)23-38-22-30-12-11-27-10-9-25-7-5-8-26-13-16-31(30)35(27)34(25)26/h5,7-14,16-17,21,24,33,38H,6,15,18-20,22-23H2,1-4H3/t33-,36+,37-/m1/s1. The van der Waals surface area contributed by atoms with Crippen LogP contribution in [0.15, 0.2) is 72.8 Å². The van der Waals surface area contributed by atoms with E-state index in [0.29, 0.717) is 16.7 Å². The zero-order chi connectivity index (χ0) is 26.1. The predicted molar refractivity (Wildman–Crippen MR) is 164 cm³/mol. The summed E-state index contributed by atoms with van der Waals surface area (Å²) in [5.74, 6) is 1.33. The second-order valence-corrected chi connectivity index (χ2v) is 13.3. The summed E-state index contributed by atoms with van der Waals surface area (Å²) in [6.45, 7) is 11.8. The maximum absolute atomic E-state index is 3.98. The van der Waals surface area contributed by atoms with Gasteiger partial charge in [0, 0.05) is 13.1 Å². The van der Waals surface area contributed by atoms with Gasteiger partial charge in [-0.1, -0.05) is 107 Å². The molecule has 0 spiro atoms. The Bertz CT molecular complexity index is 1630. The van der Waals surface area contributed by atoms with Gasteiger partial charge in [0.15, 0.2) is 0 Å². The molecule has 7 rings (SSSR count). The van der Waals surface area contributed by atoms with Crippen LogP contribution in [0.3, 0.4) is 0 Å². The van der Waals surface area contributed by atoms with E-state index in [9.17, 15) is 0 Å². The lowest BCUT2D eigenvalue weighted by Gasteiger charge is -2.55. The molecule has 0 aliphatic heterocycles. The van der Waals surface area contributed by atoms with Crippen molar-refractivity contribution in [1.82, 2.24) is 5.32 Å². The van der Waals surface area contributed by atoms with Gasteiger partial charge in [0.25, 0.3) is 0 Å². The average molecular weight is 500 g/mol. The van der Waals surface area contributed by atoms with Gasteiger partial charge in [0.05, 0.1) is 0 Å². The Morgan fingerprint density at radius 2 is 1.58 bits per heavy atom. The van der Waals surface area contributed by atoms with Crippen molar-refractivity contribution >= 4 is 32.3 Å². The Labute approximate surface area is 228 Å². The Kier molecular flexibility index (Phi) is 5.61. The van der Waals surface area contributed by atoms with Crippen LogP contribution in [-0.2, 0) is 18.4 Å². The van der Waals surface area contributed by atoms with E-state index >= 15 is 0 Å². The highest BCUT2D eigenvalue weighted by molar-refractivity contribution is 6.23. The molecule has 0 bridgehead atoms. The molecule has 1 heteroatoms. The molecule has 0 amide bonds. The van der Waals surface area contributed by atoms with Crippen molar-refractivity contribution in [2.45, 2.75) is 77.7 Å². The van der Waals surface area contributed by atoms with Crippen LogP contribution in [0.25, 0.3) is 32.3 Å². The van der Waals surface area contributed by atoms with Gasteiger partial charge in [-0.3, -0.25) is 0 Å². The van der Waals surface area contributed by atoms with Gasteiger partial charge in [0.1, 0.15) is 0 Å². The number of rotatable bonds is 5. The van der Waals surface area contributed by atoms with Crippen LogP contribution in [0.5, 0.6) is 0 Å². The van der Waals surface area contributed by atoms with Gasteiger partial charge in [-0.2, -0.15) is 0 Å². The maximum atomic E-state index is 3.98. The van der Waals surface area contributed by atoms with Crippen molar-refractivity contribution in [2.75, 3.05) is 6.54 Å². The molecule has 1 N–H and O–H groups in total. The van der Waals surface area contributed by atoms with Crippen LogP contribution >= 0.6 is 0 Å². The van der Waals surface area contributed by atoms with Crippen LogP contribution in [0.2, 0.25) is 0 Å². The molecule has 2 aliphatic carbocycles. The summed E-state index contributed by atoms with van der Waals surface area (Å²) < 4.78 is 0. The van der Waals surface area contributed by atoms with E-state index in [0.717, 1.165) is 19.0 Å². The van der Waals surface area contributed by atoms with Gasteiger partial charge in [-0.15, -0.1) is 0 Å². The third kappa shape index (κ3) is 3.62. The van der Waals surface area contributed by atoms with Gasteiger partial charge in [0.2, 0.25) is 0 Å². The van der Waals surface area contributed by atoms with Gasteiger partial charge in [-0.05, 0) is 103 Å². The van der Waals surface area contributed by atoms with Gasteiger partial charge >= 0.3 is 0 Å². The highest BCUT2D eigenvalue weighted by Gasteiger charge is 2.51. The van der Waals surface area contributed by atoms with Crippen LogP contribution in [0, 0.1) is 11.3 Å². The van der Waals surface area contributed by atoms with Crippen LogP contribution < -0.4 is 5.32 Å². The molecule has 1 nitrogen and oxygen atoms in total. The third-order valence-corrected chi connectivity index (χ3v) is 10.6. The molecule has 38 heavy (non-hydrogen) atoms. The Balaban J connectivity index is 1.16. The highest BCUT2D eigenvalue weighted by Crippen LogP contribution is 2.57. The number of benzene rings is 5. The fraction of sp³-hybridized carbons (Fsp3) is 0.405. The molecule has 1 saturated carbocycles. The number of aryl methyl sites for hydroxylation is 1. The fourth-order valence-corrected chi connectivity index (χ4v) is 8.65. The minimum absolute atomic E-state index is 0.296. The predicted octanol–water partition coefficient (Wildman–Crippen LogP) is 9.51. The molecular formula is C37H41N. The molecule has 0 unspecified atom stereocenters. The number of fused-ring (bicyclic) bond motifs is 3. The first-order chi connectivity index (χ1) is 18.4. The summed E-state index contributed by atoms with van der Waals surface area (Å²) >= 11 is 0. The van der Waals surface area contributed by atoms with Crippen molar-refractivity contribution in [3.8, 4) is 0 Å². The van der Waals surface area contributed by atoms with E-state index in [4.69, 9.17) is 0 Å². The lowest BCUT2D eigenvalue weighted by Crippen LogP contribution is -2.52. The van der Waals surface area contributed by atoms with Crippen molar-refractivity contribution in [3.63, 3.8) is 0 Å². The maximum Gasteiger partial charge on any atom is 0.0211 e. The lowest BCUT2D eigenvalue weighted by molar-refractivity contribution is 0.0257. The molecule has 0 heterocycles. The minimum atomic E-state index is 0.296. The summed E-state index contributed by atoms with van der Waals surface area (Å²) in [5.41, 5.74) is 6.82. The van der Waals surface area contributed by atoms with Crippen molar-refractivity contribution in [1.29, 1.82) is 0 Å². The summed E-state index contributed by atoms with van der Waals surface area (Å²) in [6, 6.07) is 28.0. The summed E-state index contributed by atoms with van der Waals surface area (Å²) in [6.07, 6.45) is 6.55. The topological polar surface area (TPSA) is 12.0 Å². The molecule has 0 aromatic heterocycles. The molecule has 0 radical (unpaired) electrons. The van der Waals surface area contributed by atoms with E-state index in [2.05, 4.69) is 106 Å². The third-order valence-electron chi connectivity index (χ3n) is 10.6. The van der Waals surface area contributed by atoms with E-state index in [1.165, 1.54) is 75.5 Å². The molecule has 5 aromatic rings. The molecule has 194 valence electrons. The van der Waals surface area contributed by atoms with Crippen molar-refractivity contribution in [2.24, 2.45) is 11.3 Å². The lowest BCUT2D eigenvalue weighted by atomic mass is 9.49. The number of hydrogen-bond acceptors (Lipinski definition) is 1. The van der Waals surface area contributed by atoms with E-state index < -0.39 is 0 Å². The van der Waals surface area contributed by atoms with Crippen LogP contribution in [-0.4, -0.2) is 6.54 Å². The van der Waals surface area contributed by atoms with E-state index in [-0.39, 0.29) is 0 Å². The van der Waals surface area contributed by atoms with Crippen molar-refractivity contribution in [3.05, 3.63) is 95.1 Å². The summed E-state index contributed by atoms with van der Waals surface area (Å²) in [7, 11) is 0. The SMILES string of the molecule is CC(C)c1ccc2c(c1)CC[C@@H]1[C@](C)(CNCc3ccc4ccc5cccc6ccc3c4c56)CCC[C@]21C. The van der Waals surface area contributed by atoms with E-state index in [1.54, 1.807) is 11.1 Å². The van der Waals surface area contributed by atoms with Crippen LogP contribution in [0.4, 0.5) is 0 Å². The van der Waals surface area contributed by atoms with Gasteiger partial charge < -0.3 is 5.32 Å². The molecule has 5 aromatic carbocycles. The minimum Gasteiger partial charge on any atom is -0.312 e. The Morgan fingerprint density at radius 3 is 2.37 bits per heavy atom. The first kappa shape index (κ1) is 24.2. The normalized spacial score (nSPS) is 25.3. The summed E-state index contributed by atoms with van der Waals surface area (Å²) in [4.78, 5) is 0. The zero-order valence-electron chi connectivity index (χ0n) is 23.5. The number of nitrogens with one attached hydrogen (secondary N) is 1. The largest absolute Gasteiger partial charge is 0.312 e. The Hall–Kier alpha value is -2.90. The summed E-state index contributed by atoms with van der Waals surface area (Å²) in [5, 5.41) is 12.3. The smallest absolute Gasteiger partial charge is 0.0211 e. The van der Waals surface area contributed by atoms with Gasteiger partial charge in [-0.25, -0.2) is 0 Å². The second kappa shape index (κ2) is 8.82. The van der Waals surface area contributed by atoms with Crippen LogP contribution in [0.1, 0.15) is 81.5 Å². The van der Waals surface area contributed by atoms with E-state index in [1.807, 2.05) is 0 Å². The van der Waals surface area contributed by atoms with Crippen molar-refractivity contribution < 1.29 is 0 Å². The molecule has 1 fully saturated rings. The highest BCUT2D eigenvalue weighted by atomic mass is 14.9. The Morgan fingerprint density at radius 1 is 0.842 bits per heavy atom. The molecule has 2 aliphatic rings. The number of hydrogen-bond donors (Lipinski definition) is 1. The first-order valence-electron chi connectivity index (χ1n) is 14.9. The molecule has 0 saturated heterocycles. The quantitative estimate of drug-likeness (QED) is 0.237. The molecular weight excluding hydrogens is 458 g/mol. The monoisotopic (exact) mass is 499 g/mol. The zero-order valence-corrected chi connectivity index (χ0v) is 23.5. The fourth-order valence-electron chi connectivity index (χ4n) is 8.65. The second-order valence-electron chi connectivity index (χ2n) is 13.3. The average Bonchev–Trinajstić information content (AvgIpc) is 2.92.